The monoisotopic (exact) mass is 354 g/mol. The Hall–Kier alpha value is -2.66. The van der Waals surface area contributed by atoms with Crippen LogP contribution in [0.4, 0.5) is 0 Å². The number of hydrogen-bond donors (Lipinski definition) is 2. The first-order chi connectivity index (χ1) is 12.2. The van der Waals surface area contributed by atoms with Gasteiger partial charge in [0.2, 0.25) is 0 Å². The first-order valence-corrected chi connectivity index (χ1v) is 8.55. The standard InChI is InChI=1S/C21H22O5/c1-20(2)11-12-26-21(13-20,16-7-3-14(4-8-16)18(22)23)17-9-5-15(6-10-17)19(24)25/h3-10H,11-13H2,1-2H3,(H,22,23)(H,24,25). The van der Waals surface area contributed by atoms with E-state index in [9.17, 15) is 9.59 Å². The van der Waals surface area contributed by atoms with Gasteiger partial charge in [0.15, 0.2) is 0 Å². The summed E-state index contributed by atoms with van der Waals surface area (Å²) in [6.45, 7) is 4.94. The Kier molecular flexibility index (Phi) is 4.59. The lowest BCUT2D eigenvalue weighted by Gasteiger charge is -2.45. The number of hydrogen-bond acceptors (Lipinski definition) is 3. The maximum absolute atomic E-state index is 11.2. The van der Waals surface area contributed by atoms with E-state index in [1.807, 2.05) is 0 Å². The van der Waals surface area contributed by atoms with Gasteiger partial charge < -0.3 is 14.9 Å². The molecule has 1 aliphatic heterocycles. The molecule has 0 radical (unpaired) electrons. The maximum Gasteiger partial charge on any atom is 0.335 e. The van der Waals surface area contributed by atoms with Crippen molar-refractivity contribution in [3.63, 3.8) is 0 Å². The van der Waals surface area contributed by atoms with E-state index in [-0.39, 0.29) is 16.5 Å². The van der Waals surface area contributed by atoms with Gasteiger partial charge in [0.25, 0.3) is 0 Å². The van der Waals surface area contributed by atoms with E-state index in [1.54, 1.807) is 48.5 Å². The highest BCUT2D eigenvalue weighted by Crippen LogP contribution is 2.48. The van der Waals surface area contributed by atoms with Crippen LogP contribution in [-0.4, -0.2) is 28.8 Å². The Bertz CT molecular complexity index is 761. The predicted molar refractivity (Wildman–Crippen MR) is 96.5 cm³/mol. The van der Waals surface area contributed by atoms with E-state index >= 15 is 0 Å². The summed E-state index contributed by atoms with van der Waals surface area (Å²) < 4.78 is 6.28. The van der Waals surface area contributed by atoms with Crippen LogP contribution in [0.2, 0.25) is 0 Å². The van der Waals surface area contributed by atoms with Gasteiger partial charge in [-0.15, -0.1) is 0 Å². The molecular formula is C21H22O5. The van der Waals surface area contributed by atoms with Crippen LogP contribution in [0.25, 0.3) is 0 Å². The van der Waals surface area contributed by atoms with Crippen LogP contribution in [0.3, 0.4) is 0 Å². The molecule has 5 nitrogen and oxygen atoms in total. The zero-order chi connectivity index (χ0) is 18.9. The Morgan fingerprint density at radius 2 is 1.27 bits per heavy atom. The molecule has 1 saturated heterocycles. The van der Waals surface area contributed by atoms with Gasteiger partial charge in [0, 0.05) is 6.61 Å². The number of carboxylic acid groups (broad SMARTS) is 2. The van der Waals surface area contributed by atoms with Crippen molar-refractivity contribution in [2.45, 2.75) is 32.3 Å². The van der Waals surface area contributed by atoms with E-state index in [4.69, 9.17) is 14.9 Å². The van der Waals surface area contributed by atoms with Crippen molar-refractivity contribution in [1.29, 1.82) is 0 Å². The number of rotatable bonds is 4. The zero-order valence-electron chi connectivity index (χ0n) is 14.9. The van der Waals surface area contributed by atoms with Gasteiger partial charge in [-0.25, -0.2) is 9.59 Å². The summed E-state index contributed by atoms with van der Waals surface area (Å²) in [5, 5.41) is 18.3. The highest BCUT2D eigenvalue weighted by atomic mass is 16.5. The van der Waals surface area contributed by atoms with E-state index in [0.29, 0.717) is 6.61 Å². The Balaban J connectivity index is 2.10. The molecule has 2 aromatic carbocycles. The molecule has 0 saturated carbocycles. The lowest BCUT2D eigenvalue weighted by Crippen LogP contribution is -2.41. The van der Waals surface area contributed by atoms with E-state index in [2.05, 4.69) is 13.8 Å². The Morgan fingerprint density at radius 3 is 1.62 bits per heavy atom. The van der Waals surface area contributed by atoms with Crippen LogP contribution in [0, 0.1) is 5.41 Å². The molecule has 5 heteroatoms. The molecule has 3 rings (SSSR count). The lowest BCUT2D eigenvalue weighted by molar-refractivity contribution is -0.0971. The predicted octanol–water partition coefficient (Wildman–Crippen LogP) is 4.16. The van der Waals surface area contributed by atoms with E-state index < -0.39 is 17.5 Å². The van der Waals surface area contributed by atoms with Gasteiger partial charge in [-0.2, -0.15) is 0 Å². The van der Waals surface area contributed by atoms with Gasteiger partial charge in [0.1, 0.15) is 5.60 Å². The third-order valence-corrected chi connectivity index (χ3v) is 5.05. The summed E-state index contributed by atoms with van der Waals surface area (Å²) in [5.74, 6) is -1.94. The van der Waals surface area contributed by atoms with Crippen LogP contribution in [0.15, 0.2) is 48.5 Å². The van der Waals surface area contributed by atoms with Crippen LogP contribution < -0.4 is 0 Å². The molecule has 0 atom stereocenters. The Morgan fingerprint density at radius 1 is 0.846 bits per heavy atom. The molecular weight excluding hydrogens is 332 g/mol. The van der Waals surface area contributed by atoms with Crippen LogP contribution in [0.5, 0.6) is 0 Å². The van der Waals surface area contributed by atoms with Crippen LogP contribution >= 0.6 is 0 Å². The fourth-order valence-corrected chi connectivity index (χ4v) is 3.62. The molecule has 0 amide bonds. The minimum Gasteiger partial charge on any atom is -0.478 e. The number of ether oxygens (including phenoxy) is 1. The number of benzene rings is 2. The fourth-order valence-electron chi connectivity index (χ4n) is 3.62. The third-order valence-electron chi connectivity index (χ3n) is 5.05. The second kappa shape index (κ2) is 6.57. The van der Waals surface area contributed by atoms with Crippen molar-refractivity contribution in [1.82, 2.24) is 0 Å². The molecule has 0 aromatic heterocycles. The number of carbonyl (C=O) groups is 2. The normalized spacial score (nSPS) is 18.2. The molecule has 0 unspecified atom stereocenters. The molecule has 1 heterocycles. The van der Waals surface area contributed by atoms with Gasteiger partial charge in [-0.05, 0) is 53.6 Å². The smallest absolute Gasteiger partial charge is 0.335 e. The Labute approximate surface area is 152 Å². The molecule has 26 heavy (non-hydrogen) atoms. The van der Waals surface area contributed by atoms with Crippen molar-refractivity contribution in [2.75, 3.05) is 6.61 Å². The molecule has 2 aromatic rings. The highest BCUT2D eigenvalue weighted by molar-refractivity contribution is 5.88. The first-order valence-electron chi connectivity index (χ1n) is 8.55. The molecule has 0 aliphatic carbocycles. The number of aromatic carboxylic acids is 2. The van der Waals surface area contributed by atoms with E-state index in [0.717, 1.165) is 24.0 Å². The number of carboxylic acids is 2. The minimum absolute atomic E-state index is 0.0369. The van der Waals surface area contributed by atoms with Crippen LogP contribution in [-0.2, 0) is 10.3 Å². The molecule has 0 bridgehead atoms. The molecule has 0 spiro atoms. The fraction of sp³-hybridized carbons (Fsp3) is 0.333. The SMILES string of the molecule is CC1(C)CCOC(c2ccc(C(=O)O)cc2)(c2ccc(C(=O)O)cc2)C1. The zero-order valence-corrected chi connectivity index (χ0v) is 14.9. The van der Waals surface area contributed by atoms with Gasteiger partial charge in [-0.1, -0.05) is 38.1 Å². The lowest BCUT2D eigenvalue weighted by atomic mass is 9.70. The summed E-state index contributed by atoms with van der Waals surface area (Å²) in [4.78, 5) is 22.3. The largest absolute Gasteiger partial charge is 0.478 e. The van der Waals surface area contributed by atoms with Gasteiger partial charge in [-0.3, -0.25) is 0 Å². The quantitative estimate of drug-likeness (QED) is 0.861. The average Bonchev–Trinajstić information content (AvgIpc) is 2.61. The van der Waals surface area contributed by atoms with Crippen LogP contribution in [0.1, 0.15) is 58.5 Å². The third kappa shape index (κ3) is 3.35. The molecule has 136 valence electrons. The molecule has 1 aliphatic rings. The average molecular weight is 354 g/mol. The topological polar surface area (TPSA) is 83.8 Å². The molecule has 1 fully saturated rings. The van der Waals surface area contributed by atoms with Gasteiger partial charge >= 0.3 is 11.9 Å². The van der Waals surface area contributed by atoms with Crippen molar-refractivity contribution in [2.24, 2.45) is 5.41 Å². The summed E-state index contributed by atoms with van der Waals surface area (Å²) in [6.07, 6.45) is 1.65. The summed E-state index contributed by atoms with van der Waals surface area (Å²) in [6, 6.07) is 13.5. The maximum atomic E-state index is 11.2. The van der Waals surface area contributed by atoms with Crippen molar-refractivity contribution < 1.29 is 24.5 Å². The second-order valence-electron chi connectivity index (χ2n) is 7.53. The van der Waals surface area contributed by atoms with Crippen molar-refractivity contribution in [3.8, 4) is 0 Å². The minimum atomic E-state index is -0.971. The second-order valence-corrected chi connectivity index (χ2v) is 7.53. The summed E-state index contributed by atoms with van der Waals surface area (Å²) in [7, 11) is 0. The highest BCUT2D eigenvalue weighted by Gasteiger charge is 2.44. The van der Waals surface area contributed by atoms with Gasteiger partial charge in [0.05, 0.1) is 11.1 Å². The summed E-state index contributed by atoms with van der Waals surface area (Å²) >= 11 is 0. The van der Waals surface area contributed by atoms with Crippen molar-refractivity contribution >= 4 is 11.9 Å². The first kappa shape index (κ1) is 18.1. The molecule has 2 N–H and O–H groups in total. The summed E-state index contributed by atoms with van der Waals surface area (Å²) in [5.41, 5.74) is 1.50. The van der Waals surface area contributed by atoms with Crippen molar-refractivity contribution in [3.05, 3.63) is 70.8 Å². The van der Waals surface area contributed by atoms with E-state index in [1.165, 1.54) is 0 Å².